The first-order valence-electron chi connectivity index (χ1n) is 10.8. The number of para-hydroxylation sites is 1. The summed E-state index contributed by atoms with van der Waals surface area (Å²) in [5, 5.41) is 0. The number of ether oxygens (including phenoxy) is 2. The summed E-state index contributed by atoms with van der Waals surface area (Å²) in [6.07, 6.45) is 3.84. The van der Waals surface area contributed by atoms with Gasteiger partial charge in [-0.1, -0.05) is 18.2 Å². The molecule has 0 radical (unpaired) electrons. The van der Waals surface area contributed by atoms with Gasteiger partial charge < -0.3 is 14.4 Å². The monoisotopic (exact) mass is 414 g/mol. The van der Waals surface area contributed by atoms with Crippen molar-refractivity contribution in [2.75, 3.05) is 33.9 Å². The Hall–Kier alpha value is -2.41. The molecule has 7 heteroatoms. The predicted molar refractivity (Wildman–Crippen MR) is 110 cm³/mol. The molecule has 3 aliphatic rings. The lowest BCUT2D eigenvalue weighted by molar-refractivity contribution is -0.143. The van der Waals surface area contributed by atoms with E-state index >= 15 is 0 Å². The van der Waals surface area contributed by atoms with Crippen molar-refractivity contribution in [3.63, 3.8) is 0 Å². The summed E-state index contributed by atoms with van der Waals surface area (Å²) in [5.74, 6) is 0.539. The van der Waals surface area contributed by atoms with Crippen LogP contribution in [0.4, 0.5) is 0 Å². The first-order chi connectivity index (χ1) is 14.5. The van der Waals surface area contributed by atoms with Crippen LogP contribution in [0.1, 0.15) is 44.1 Å². The fourth-order valence-electron chi connectivity index (χ4n) is 5.47. The van der Waals surface area contributed by atoms with Crippen LogP contribution in [0.2, 0.25) is 0 Å². The van der Waals surface area contributed by atoms with Crippen molar-refractivity contribution in [3.05, 3.63) is 29.8 Å². The van der Waals surface area contributed by atoms with E-state index in [1.807, 2.05) is 23.1 Å². The summed E-state index contributed by atoms with van der Waals surface area (Å²) < 4.78 is 10.6. The van der Waals surface area contributed by atoms with Crippen LogP contribution in [0.15, 0.2) is 24.3 Å². The molecule has 0 N–H and O–H groups in total. The van der Waals surface area contributed by atoms with Gasteiger partial charge in [-0.25, -0.2) is 0 Å². The highest BCUT2D eigenvalue weighted by Gasteiger charge is 2.56. The summed E-state index contributed by atoms with van der Waals surface area (Å²) in [7, 11) is 3.14. The van der Waals surface area contributed by atoms with E-state index in [9.17, 15) is 14.4 Å². The molecular weight excluding hydrogens is 384 g/mol. The van der Waals surface area contributed by atoms with E-state index in [-0.39, 0.29) is 36.6 Å². The van der Waals surface area contributed by atoms with Crippen LogP contribution in [0.3, 0.4) is 0 Å². The van der Waals surface area contributed by atoms with Crippen LogP contribution >= 0.6 is 0 Å². The molecule has 2 bridgehead atoms. The zero-order valence-electron chi connectivity index (χ0n) is 17.8. The summed E-state index contributed by atoms with van der Waals surface area (Å²) in [4.78, 5) is 43.2. The average Bonchev–Trinajstić information content (AvgIpc) is 3.44. The maximum atomic E-state index is 13.6. The maximum Gasteiger partial charge on any atom is 0.241 e. The van der Waals surface area contributed by atoms with Gasteiger partial charge in [0, 0.05) is 51.3 Å². The number of methoxy groups -OCH3 is 2. The number of rotatable bonds is 8. The minimum Gasteiger partial charge on any atom is -0.496 e. The molecule has 162 valence electrons. The molecule has 30 heavy (non-hydrogen) atoms. The van der Waals surface area contributed by atoms with Crippen molar-refractivity contribution in [1.29, 1.82) is 0 Å². The van der Waals surface area contributed by atoms with Crippen molar-refractivity contribution in [3.8, 4) is 5.75 Å². The molecule has 3 unspecified atom stereocenters. The van der Waals surface area contributed by atoms with Gasteiger partial charge in [0.25, 0.3) is 0 Å². The van der Waals surface area contributed by atoms with Gasteiger partial charge >= 0.3 is 0 Å². The molecule has 1 aromatic carbocycles. The molecule has 7 nitrogen and oxygen atoms in total. The van der Waals surface area contributed by atoms with Crippen LogP contribution in [-0.2, 0) is 24.5 Å². The number of fused-ring (bicyclic) bond motifs is 2. The van der Waals surface area contributed by atoms with Gasteiger partial charge in [0.2, 0.25) is 17.7 Å². The van der Waals surface area contributed by atoms with E-state index in [0.717, 1.165) is 19.4 Å². The van der Waals surface area contributed by atoms with Crippen LogP contribution < -0.4 is 4.74 Å². The molecule has 3 fully saturated rings. The molecule has 0 spiro atoms. The van der Waals surface area contributed by atoms with Crippen molar-refractivity contribution >= 4 is 17.7 Å². The topological polar surface area (TPSA) is 76.2 Å². The Labute approximate surface area is 177 Å². The molecule has 0 aromatic heterocycles. The number of carbonyl (C=O) groups is 3. The Morgan fingerprint density at radius 1 is 1.20 bits per heavy atom. The number of amides is 3. The quantitative estimate of drug-likeness (QED) is 0.481. The largest absolute Gasteiger partial charge is 0.496 e. The molecular formula is C23H30N2O5. The van der Waals surface area contributed by atoms with Gasteiger partial charge in [-0.3, -0.25) is 19.3 Å². The van der Waals surface area contributed by atoms with Gasteiger partial charge in [0.05, 0.1) is 12.5 Å². The van der Waals surface area contributed by atoms with E-state index in [1.54, 1.807) is 20.3 Å². The molecule has 1 aromatic rings. The summed E-state index contributed by atoms with van der Waals surface area (Å²) in [5.41, 5.74) is -0.590. The Bertz CT molecular complexity index is 841. The number of imide groups is 1. The number of carbonyl (C=O) groups excluding carboxylic acids is 3. The fraction of sp³-hybridized carbons (Fsp3) is 0.609. The minimum atomic E-state index is -1.21. The first kappa shape index (κ1) is 20.8. The third-order valence-electron chi connectivity index (χ3n) is 6.94. The van der Waals surface area contributed by atoms with Gasteiger partial charge in [-0.15, -0.1) is 0 Å². The first-order valence-corrected chi connectivity index (χ1v) is 10.8. The third kappa shape index (κ3) is 3.49. The zero-order chi connectivity index (χ0) is 21.3. The standard InChI is InChI=1S/C23H30N2O5/c1-29-11-5-10-24-20(26)13-23(22(24)28,18-6-3-4-7-19(18)30-2)14-21(27)25-15-16-8-9-17(25)12-16/h3-4,6-7,16-17H,5,8-15H2,1-2H3. The van der Waals surface area contributed by atoms with Gasteiger partial charge in [-0.05, 0) is 37.7 Å². The van der Waals surface area contributed by atoms with Crippen LogP contribution in [0, 0.1) is 5.92 Å². The van der Waals surface area contributed by atoms with Crippen molar-refractivity contribution in [2.24, 2.45) is 5.92 Å². The maximum absolute atomic E-state index is 13.6. The Kier molecular flexibility index (Phi) is 5.82. The average molecular weight is 415 g/mol. The van der Waals surface area contributed by atoms with E-state index in [4.69, 9.17) is 9.47 Å². The van der Waals surface area contributed by atoms with Gasteiger partial charge in [0.1, 0.15) is 5.75 Å². The van der Waals surface area contributed by atoms with Crippen molar-refractivity contribution in [1.82, 2.24) is 9.80 Å². The zero-order valence-corrected chi connectivity index (χ0v) is 17.8. The fourth-order valence-corrected chi connectivity index (χ4v) is 5.47. The highest BCUT2D eigenvalue weighted by molar-refractivity contribution is 6.11. The molecule has 1 aliphatic carbocycles. The molecule has 2 heterocycles. The lowest BCUT2D eigenvalue weighted by Gasteiger charge is -2.33. The normalized spacial score (nSPS) is 27.9. The number of nitrogens with zero attached hydrogens (tertiary/aromatic N) is 2. The van der Waals surface area contributed by atoms with Gasteiger partial charge in [0.15, 0.2) is 0 Å². The van der Waals surface area contributed by atoms with Gasteiger partial charge in [-0.2, -0.15) is 0 Å². The number of likely N-dealkylation sites (tertiary alicyclic amines) is 2. The lowest BCUT2D eigenvalue weighted by Crippen LogP contribution is -2.45. The molecule has 3 amide bonds. The predicted octanol–water partition coefficient (Wildman–Crippen LogP) is 2.13. The molecule has 1 saturated carbocycles. The Morgan fingerprint density at radius 2 is 2.00 bits per heavy atom. The SMILES string of the molecule is COCCCN1C(=O)CC(CC(=O)N2CC3CCC2C3)(c2ccccc2OC)C1=O. The molecule has 4 rings (SSSR count). The van der Waals surface area contributed by atoms with Crippen LogP contribution in [0.25, 0.3) is 0 Å². The summed E-state index contributed by atoms with van der Waals surface area (Å²) in [6, 6.07) is 7.53. The van der Waals surface area contributed by atoms with E-state index in [0.29, 0.717) is 36.8 Å². The molecule has 2 aliphatic heterocycles. The Morgan fingerprint density at radius 3 is 2.67 bits per heavy atom. The summed E-state index contributed by atoms with van der Waals surface area (Å²) in [6.45, 7) is 1.53. The number of hydrogen-bond acceptors (Lipinski definition) is 5. The number of piperidine rings is 1. The number of hydrogen-bond donors (Lipinski definition) is 0. The second-order valence-electron chi connectivity index (χ2n) is 8.71. The number of benzene rings is 1. The third-order valence-corrected chi connectivity index (χ3v) is 6.94. The highest BCUT2D eigenvalue weighted by atomic mass is 16.5. The van der Waals surface area contributed by atoms with E-state index < -0.39 is 5.41 Å². The highest BCUT2D eigenvalue weighted by Crippen LogP contribution is 2.45. The van der Waals surface area contributed by atoms with Crippen LogP contribution in [0.5, 0.6) is 5.75 Å². The minimum absolute atomic E-state index is 0.00193. The lowest BCUT2D eigenvalue weighted by atomic mass is 9.75. The van der Waals surface area contributed by atoms with Crippen molar-refractivity contribution < 1.29 is 23.9 Å². The smallest absolute Gasteiger partial charge is 0.241 e. The van der Waals surface area contributed by atoms with Crippen molar-refractivity contribution in [2.45, 2.75) is 50.0 Å². The van der Waals surface area contributed by atoms with E-state index in [1.165, 1.54) is 11.3 Å². The molecule has 2 saturated heterocycles. The second-order valence-corrected chi connectivity index (χ2v) is 8.71. The van der Waals surface area contributed by atoms with E-state index in [2.05, 4.69) is 0 Å². The Balaban J connectivity index is 1.66. The van der Waals surface area contributed by atoms with Crippen LogP contribution in [-0.4, -0.2) is 67.5 Å². The summed E-state index contributed by atoms with van der Waals surface area (Å²) >= 11 is 0. The second kappa shape index (κ2) is 8.38. The molecule has 3 atom stereocenters.